The van der Waals surface area contributed by atoms with Crippen LogP contribution in [-0.4, -0.2) is 19.0 Å². The molecule has 0 bridgehead atoms. The summed E-state index contributed by atoms with van der Waals surface area (Å²) in [5.41, 5.74) is 0.890. The van der Waals surface area contributed by atoms with Crippen molar-refractivity contribution in [1.29, 1.82) is 5.26 Å². The molecule has 5 heteroatoms. The maximum Gasteiger partial charge on any atom is 0.191 e. The van der Waals surface area contributed by atoms with Crippen molar-refractivity contribution in [3.63, 3.8) is 0 Å². The third-order valence-corrected chi connectivity index (χ3v) is 2.27. The fraction of sp³-hybridized carbons (Fsp3) is 0.385. The quantitative estimate of drug-likeness (QED) is 0.633. The first-order valence-electron chi connectivity index (χ1n) is 5.72. The fourth-order valence-corrected chi connectivity index (χ4v) is 1.43. The average molecular weight is 248 g/mol. The van der Waals surface area contributed by atoms with Gasteiger partial charge in [0.1, 0.15) is 5.82 Å². The van der Waals surface area contributed by atoms with E-state index in [-0.39, 0.29) is 18.4 Å². The molecular formula is C13H17FN4. The van der Waals surface area contributed by atoms with E-state index in [0.717, 1.165) is 0 Å². The lowest BCUT2D eigenvalue weighted by Crippen LogP contribution is -2.40. The van der Waals surface area contributed by atoms with Crippen molar-refractivity contribution in [2.75, 3.05) is 7.05 Å². The molecule has 0 aliphatic heterocycles. The van der Waals surface area contributed by atoms with Crippen LogP contribution >= 0.6 is 0 Å². The predicted molar refractivity (Wildman–Crippen MR) is 69.6 cm³/mol. The lowest BCUT2D eigenvalue weighted by molar-refractivity contribution is 0.603. The van der Waals surface area contributed by atoms with Gasteiger partial charge in [0.05, 0.1) is 11.6 Å². The Hall–Kier alpha value is -2.09. The Kier molecular flexibility index (Phi) is 5.12. The molecule has 0 aromatic heterocycles. The van der Waals surface area contributed by atoms with Crippen LogP contribution in [0.25, 0.3) is 0 Å². The molecule has 0 unspecified atom stereocenters. The maximum absolute atomic E-state index is 13.5. The van der Waals surface area contributed by atoms with Crippen LogP contribution in [0.1, 0.15) is 25.0 Å². The van der Waals surface area contributed by atoms with Gasteiger partial charge in [-0.1, -0.05) is 0 Å². The van der Waals surface area contributed by atoms with Gasteiger partial charge in [0.15, 0.2) is 5.96 Å². The second kappa shape index (κ2) is 6.60. The van der Waals surface area contributed by atoms with E-state index in [9.17, 15) is 4.39 Å². The Morgan fingerprint density at radius 1 is 1.50 bits per heavy atom. The van der Waals surface area contributed by atoms with E-state index in [1.54, 1.807) is 7.05 Å². The molecule has 0 heterocycles. The average Bonchev–Trinajstić information content (AvgIpc) is 2.35. The number of guanidine groups is 1. The molecule has 1 rings (SSSR count). The highest BCUT2D eigenvalue weighted by molar-refractivity contribution is 5.79. The van der Waals surface area contributed by atoms with E-state index in [1.807, 2.05) is 19.9 Å². The zero-order chi connectivity index (χ0) is 13.5. The summed E-state index contributed by atoms with van der Waals surface area (Å²) < 4.78 is 13.5. The Morgan fingerprint density at radius 2 is 2.22 bits per heavy atom. The van der Waals surface area contributed by atoms with Crippen LogP contribution < -0.4 is 10.6 Å². The summed E-state index contributed by atoms with van der Waals surface area (Å²) in [5, 5.41) is 14.9. The molecule has 0 amide bonds. The third-order valence-electron chi connectivity index (χ3n) is 2.27. The van der Waals surface area contributed by atoms with Gasteiger partial charge in [-0.15, -0.1) is 0 Å². The molecule has 0 atom stereocenters. The van der Waals surface area contributed by atoms with Gasteiger partial charge >= 0.3 is 0 Å². The van der Waals surface area contributed by atoms with E-state index in [4.69, 9.17) is 5.26 Å². The minimum Gasteiger partial charge on any atom is -0.354 e. The van der Waals surface area contributed by atoms with Gasteiger partial charge in [0.25, 0.3) is 0 Å². The predicted octanol–water partition coefficient (Wildman–Crippen LogP) is 1.77. The topological polar surface area (TPSA) is 60.2 Å². The van der Waals surface area contributed by atoms with Crippen LogP contribution in [0.5, 0.6) is 0 Å². The highest BCUT2D eigenvalue weighted by atomic mass is 19.1. The number of rotatable bonds is 3. The van der Waals surface area contributed by atoms with Crippen molar-refractivity contribution < 1.29 is 4.39 Å². The number of benzene rings is 1. The fourth-order valence-electron chi connectivity index (χ4n) is 1.43. The molecule has 0 fully saturated rings. The SMILES string of the molecule is CN=C(NCc1cc(C#N)ccc1F)NC(C)C. The Labute approximate surface area is 107 Å². The molecule has 0 aliphatic rings. The Bertz CT molecular complexity index is 474. The van der Waals surface area contributed by atoms with Crippen molar-refractivity contribution >= 4 is 5.96 Å². The van der Waals surface area contributed by atoms with Crippen molar-refractivity contribution in [2.45, 2.75) is 26.4 Å². The van der Waals surface area contributed by atoms with Gasteiger partial charge in [0.2, 0.25) is 0 Å². The zero-order valence-electron chi connectivity index (χ0n) is 10.8. The van der Waals surface area contributed by atoms with Gasteiger partial charge in [-0.2, -0.15) is 5.26 Å². The molecule has 2 N–H and O–H groups in total. The highest BCUT2D eigenvalue weighted by Gasteiger charge is 2.05. The summed E-state index contributed by atoms with van der Waals surface area (Å²) in [6, 6.07) is 6.52. The minimum absolute atomic E-state index is 0.242. The number of nitrogens with one attached hydrogen (secondary N) is 2. The van der Waals surface area contributed by atoms with Crippen molar-refractivity contribution in [3.8, 4) is 6.07 Å². The monoisotopic (exact) mass is 248 g/mol. The van der Waals surface area contributed by atoms with E-state index in [1.165, 1.54) is 18.2 Å². The number of nitriles is 1. The second-order valence-electron chi connectivity index (χ2n) is 4.14. The van der Waals surface area contributed by atoms with Gasteiger partial charge in [-0.3, -0.25) is 4.99 Å². The smallest absolute Gasteiger partial charge is 0.191 e. The lowest BCUT2D eigenvalue weighted by Gasteiger charge is -2.14. The summed E-state index contributed by atoms with van der Waals surface area (Å²) in [6.07, 6.45) is 0. The van der Waals surface area contributed by atoms with Crippen LogP contribution in [0.3, 0.4) is 0 Å². The third kappa shape index (κ3) is 4.06. The second-order valence-corrected chi connectivity index (χ2v) is 4.14. The summed E-state index contributed by atoms with van der Waals surface area (Å²) >= 11 is 0. The van der Waals surface area contributed by atoms with Gasteiger partial charge in [-0.25, -0.2) is 4.39 Å². The molecule has 0 aliphatic carbocycles. The first-order chi connectivity index (χ1) is 8.56. The van der Waals surface area contributed by atoms with Crippen molar-refractivity contribution in [3.05, 3.63) is 35.1 Å². The van der Waals surface area contributed by atoms with Crippen LogP contribution in [-0.2, 0) is 6.54 Å². The number of hydrogen-bond acceptors (Lipinski definition) is 2. The summed E-state index contributed by atoms with van der Waals surface area (Å²) in [7, 11) is 1.65. The Balaban J connectivity index is 2.71. The van der Waals surface area contributed by atoms with Gasteiger partial charge in [-0.05, 0) is 32.0 Å². The van der Waals surface area contributed by atoms with E-state index >= 15 is 0 Å². The summed E-state index contributed by atoms with van der Waals surface area (Å²) in [5.74, 6) is 0.272. The standard InChI is InChI=1S/C13H17FN4/c1-9(2)18-13(16-3)17-8-11-6-10(7-15)4-5-12(11)14/h4-6,9H,8H2,1-3H3,(H2,16,17,18). The highest BCUT2D eigenvalue weighted by Crippen LogP contribution is 2.09. The normalized spacial score (nSPS) is 11.2. The molecule has 0 saturated carbocycles. The van der Waals surface area contributed by atoms with E-state index < -0.39 is 0 Å². The molecule has 0 radical (unpaired) electrons. The number of halogens is 1. The molecule has 4 nitrogen and oxygen atoms in total. The summed E-state index contributed by atoms with van der Waals surface area (Å²) in [6.45, 7) is 4.27. The number of hydrogen-bond donors (Lipinski definition) is 2. The van der Waals surface area contributed by atoms with Crippen LogP contribution in [0.15, 0.2) is 23.2 Å². The van der Waals surface area contributed by atoms with Gasteiger partial charge in [0, 0.05) is 25.2 Å². The first-order valence-corrected chi connectivity index (χ1v) is 5.72. The van der Waals surface area contributed by atoms with Crippen molar-refractivity contribution in [2.24, 2.45) is 4.99 Å². The Morgan fingerprint density at radius 3 is 2.78 bits per heavy atom. The molecule has 0 saturated heterocycles. The van der Waals surface area contributed by atoms with Gasteiger partial charge < -0.3 is 10.6 Å². The largest absolute Gasteiger partial charge is 0.354 e. The molecular weight excluding hydrogens is 231 g/mol. The molecule has 18 heavy (non-hydrogen) atoms. The summed E-state index contributed by atoms with van der Waals surface area (Å²) in [4.78, 5) is 4.02. The van der Waals surface area contributed by atoms with Crippen LogP contribution in [0.2, 0.25) is 0 Å². The van der Waals surface area contributed by atoms with E-state index in [0.29, 0.717) is 17.1 Å². The lowest BCUT2D eigenvalue weighted by atomic mass is 10.1. The number of nitrogens with zero attached hydrogens (tertiary/aromatic N) is 2. The van der Waals surface area contributed by atoms with E-state index in [2.05, 4.69) is 15.6 Å². The molecule has 1 aromatic rings. The molecule has 0 spiro atoms. The van der Waals surface area contributed by atoms with Crippen LogP contribution in [0.4, 0.5) is 4.39 Å². The minimum atomic E-state index is -0.332. The number of aliphatic imine (C=N–C) groups is 1. The molecule has 1 aromatic carbocycles. The van der Waals surface area contributed by atoms with Crippen LogP contribution in [0, 0.1) is 17.1 Å². The maximum atomic E-state index is 13.5. The van der Waals surface area contributed by atoms with Crippen molar-refractivity contribution in [1.82, 2.24) is 10.6 Å². The zero-order valence-corrected chi connectivity index (χ0v) is 10.8. The first kappa shape index (κ1) is 14.0. The molecule has 96 valence electrons.